The lowest BCUT2D eigenvalue weighted by Gasteiger charge is -2.28. The molecular weight excluding hydrogens is 272 g/mol. The van der Waals surface area contributed by atoms with Crippen LogP contribution in [0.1, 0.15) is 52.7 Å². The minimum atomic E-state index is -0.201. The Labute approximate surface area is 126 Å². The zero-order valence-electron chi connectivity index (χ0n) is 13.0. The van der Waals surface area contributed by atoms with Gasteiger partial charge in [0.15, 0.2) is 5.13 Å². The number of ether oxygens (including phenoxy) is 1. The molecule has 114 valence electrons. The van der Waals surface area contributed by atoms with Crippen molar-refractivity contribution >= 4 is 22.4 Å². The van der Waals surface area contributed by atoms with E-state index in [9.17, 15) is 4.79 Å². The van der Waals surface area contributed by atoms with Crippen molar-refractivity contribution in [1.29, 1.82) is 0 Å². The van der Waals surface area contributed by atoms with Crippen molar-refractivity contribution in [2.45, 2.75) is 59.4 Å². The van der Waals surface area contributed by atoms with Gasteiger partial charge in [-0.25, -0.2) is 4.98 Å². The first-order valence-corrected chi connectivity index (χ1v) is 8.36. The predicted octanol–water partition coefficient (Wildman–Crippen LogP) is 3.65. The maximum Gasteiger partial charge on any atom is 0.311 e. The van der Waals surface area contributed by atoms with E-state index in [0.29, 0.717) is 12.6 Å². The molecule has 5 heteroatoms. The molecule has 20 heavy (non-hydrogen) atoms. The van der Waals surface area contributed by atoms with Gasteiger partial charge in [-0.2, -0.15) is 0 Å². The molecule has 0 bridgehead atoms. The molecule has 0 aliphatic carbocycles. The molecule has 1 atom stereocenters. The molecule has 0 N–H and O–H groups in total. The molecule has 4 nitrogen and oxygen atoms in total. The molecule has 0 saturated carbocycles. The van der Waals surface area contributed by atoms with E-state index >= 15 is 0 Å². The van der Waals surface area contributed by atoms with E-state index in [2.05, 4.69) is 30.7 Å². The first-order valence-electron chi connectivity index (χ1n) is 7.48. The number of esters is 1. The van der Waals surface area contributed by atoms with Crippen molar-refractivity contribution < 1.29 is 9.53 Å². The van der Waals surface area contributed by atoms with Crippen molar-refractivity contribution in [3.63, 3.8) is 0 Å². The third-order valence-electron chi connectivity index (χ3n) is 3.29. The van der Waals surface area contributed by atoms with E-state index in [1.54, 1.807) is 11.3 Å². The number of unbranched alkanes of at least 4 members (excludes halogenated alkanes) is 1. The van der Waals surface area contributed by atoms with Crippen LogP contribution in [0.5, 0.6) is 0 Å². The monoisotopic (exact) mass is 298 g/mol. The highest BCUT2D eigenvalue weighted by molar-refractivity contribution is 7.13. The topological polar surface area (TPSA) is 42.4 Å². The predicted molar refractivity (Wildman–Crippen MR) is 84.5 cm³/mol. The molecule has 0 amide bonds. The van der Waals surface area contributed by atoms with Gasteiger partial charge in [0.2, 0.25) is 0 Å². The zero-order chi connectivity index (χ0) is 15.0. The average Bonchev–Trinajstić information content (AvgIpc) is 2.87. The third-order valence-corrected chi connectivity index (χ3v) is 4.22. The molecule has 1 heterocycles. The summed E-state index contributed by atoms with van der Waals surface area (Å²) in [7, 11) is 0. The number of anilines is 1. The average molecular weight is 298 g/mol. The molecule has 0 radical (unpaired) electrons. The summed E-state index contributed by atoms with van der Waals surface area (Å²) in [6.07, 6.45) is 3.70. The summed E-state index contributed by atoms with van der Waals surface area (Å²) in [5.74, 6) is -0.201. The van der Waals surface area contributed by atoms with Gasteiger partial charge in [-0.15, -0.1) is 11.3 Å². The maximum atomic E-state index is 11.5. The van der Waals surface area contributed by atoms with Crippen molar-refractivity contribution in [3.05, 3.63) is 11.1 Å². The first-order chi connectivity index (χ1) is 9.62. The maximum absolute atomic E-state index is 11.5. The van der Waals surface area contributed by atoms with E-state index in [1.165, 1.54) is 6.42 Å². The highest BCUT2D eigenvalue weighted by Crippen LogP contribution is 2.24. The normalized spacial score (nSPS) is 12.2. The molecule has 1 aromatic rings. The lowest BCUT2D eigenvalue weighted by molar-refractivity contribution is -0.142. The molecular formula is C15H26N2O2S. The lowest BCUT2D eigenvalue weighted by atomic mass is 10.2. The van der Waals surface area contributed by atoms with Crippen LogP contribution in [0.4, 0.5) is 5.13 Å². The number of rotatable bonds is 9. The van der Waals surface area contributed by atoms with Gasteiger partial charge >= 0.3 is 5.97 Å². The molecule has 1 aromatic heterocycles. The van der Waals surface area contributed by atoms with Crippen molar-refractivity contribution in [2.24, 2.45) is 0 Å². The summed E-state index contributed by atoms with van der Waals surface area (Å²) in [5.41, 5.74) is 0.813. The molecule has 0 fully saturated rings. The number of hydrogen-bond acceptors (Lipinski definition) is 5. The van der Waals surface area contributed by atoms with Crippen LogP contribution in [-0.2, 0) is 16.0 Å². The Hall–Kier alpha value is -1.10. The van der Waals surface area contributed by atoms with Crippen LogP contribution in [0.3, 0.4) is 0 Å². The summed E-state index contributed by atoms with van der Waals surface area (Å²) in [6.45, 7) is 9.88. The van der Waals surface area contributed by atoms with Gasteiger partial charge in [-0.05, 0) is 26.7 Å². The van der Waals surface area contributed by atoms with Gasteiger partial charge in [0.1, 0.15) is 0 Å². The second-order valence-electron chi connectivity index (χ2n) is 4.91. The highest BCUT2D eigenvalue weighted by atomic mass is 32.1. The molecule has 1 unspecified atom stereocenters. The van der Waals surface area contributed by atoms with E-state index in [-0.39, 0.29) is 12.4 Å². The van der Waals surface area contributed by atoms with Gasteiger partial charge in [0, 0.05) is 18.0 Å². The van der Waals surface area contributed by atoms with E-state index < -0.39 is 0 Å². The number of aromatic nitrogens is 1. The summed E-state index contributed by atoms with van der Waals surface area (Å²) in [5, 5.41) is 2.99. The van der Waals surface area contributed by atoms with Crippen LogP contribution in [0.15, 0.2) is 5.38 Å². The molecule has 1 rings (SSSR count). The fourth-order valence-corrected chi connectivity index (χ4v) is 2.88. The van der Waals surface area contributed by atoms with E-state index in [1.807, 2.05) is 12.3 Å². The first kappa shape index (κ1) is 17.0. The Morgan fingerprint density at radius 1 is 1.45 bits per heavy atom. The number of nitrogens with zero attached hydrogens (tertiary/aromatic N) is 2. The molecule has 0 aliphatic heterocycles. The fraction of sp³-hybridized carbons (Fsp3) is 0.733. The van der Waals surface area contributed by atoms with Crippen molar-refractivity contribution in [2.75, 3.05) is 18.1 Å². The molecule has 0 spiro atoms. The van der Waals surface area contributed by atoms with Crippen molar-refractivity contribution in [1.82, 2.24) is 4.98 Å². The summed E-state index contributed by atoms with van der Waals surface area (Å²) >= 11 is 1.62. The van der Waals surface area contributed by atoms with Crippen LogP contribution in [0.2, 0.25) is 0 Å². The summed E-state index contributed by atoms with van der Waals surface area (Å²) in [4.78, 5) is 18.4. The zero-order valence-corrected chi connectivity index (χ0v) is 13.8. The van der Waals surface area contributed by atoms with Gasteiger partial charge in [0.05, 0.1) is 18.7 Å². The Kier molecular flexibility index (Phi) is 7.59. The highest BCUT2D eigenvalue weighted by Gasteiger charge is 2.17. The van der Waals surface area contributed by atoms with Crippen LogP contribution in [0.25, 0.3) is 0 Å². The van der Waals surface area contributed by atoms with Gasteiger partial charge < -0.3 is 9.64 Å². The van der Waals surface area contributed by atoms with Gasteiger partial charge in [-0.3, -0.25) is 4.79 Å². The standard InChI is InChI=1S/C15H26N2O2S/c1-5-8-9-17(12(4)6-2)15-16-13(11-20-15)10-14(18)19-7-3/h11-12H,5-10H2,1-4H3. The second kappa shape index (κ2) is 8.95. The van der Waals surface area contributed by atoms with Crippen LogP contribution in [-0.4, -0.2) is 30.1 Å². The SMILES string of the molecule is CCCCN(c1nc(CC(=O)OCC)cs1)C(C)CC. The Morgan fingerprint density at radius 3 is 2.80 bits per heavy atom. The molecule has 0 aromatic carbocycles. The number of carbonyl (C=O) groups is 1. The van der Waals surface area contributed by atoms with Gasteiger partial charge in [0.25, 0.3) is 0 Å². The van der Waals surface area contributed by atoms with Crippen LogP contribution >= 0.6 is 11.3 Å². The Morgan fingerprint density at radius 2 is 2.20 bits per heavy atom. The van der Waals surface area contributed by atoms with E-state index in [0.717, 1.165) is 30.2 Å². The number of carbonyl (C=O) groups excluding carboxylic acids is 1. The lowest BCUT2D eigenvalue weighted by Crippen LogP contribution is -2.33. The fourth-order valence-electron chi connectivity index (χ4n) is 1.92. The van der Waals surface area contributed by atoms with Crippen molar-refractivity contribution in [3.8, 4) is 0 Å². The van der Waals surface area contributed by atoms with Gasteiger partial charge in [-0.1, -0.05) is 20.3 Å². The van der Waals surface area contributed by atoms with Crippen LogP contribution in [0, 0.1) is 0 Å². The third kappa shape index (κ3) is 5.12. The molecule has 0 saturated heterocycles. The second-order valence-corrected chi connectivity index (χ2v) is 5.74. The number of thiazole rings is 1. The summed E-state index contributed by atoms with van der Waals surface area (Å²) < 4.78 is 4.96. The van der Waals surface area contributed by atoms with Crippen LogP contribution < -0.4 is 4.90 Å². The minimum Gasteiger partial charge on any atom is -0.466 e. The molecule has 0 aliphatic rings. The Balaban J connectivity index is 2.72. The smallest absolute Gasteiger partial charge is 0.311 e. The quantitative estimate of drug-likeness (QED) is 0.653. The van der Waals surface area contributed by atoms with E-state index in [4.69, 9.17) is 4.74 Å². The summed E-state index contributed by atoms with van der Waals surface area (Å²) in [6, 6.07) is 0.475. The minimum absolute atomic E-state index is 0.201. The Bertz CT molecular complexity index is 406. The number of hydrogen-bond donors (Lipinski definition) is 0. The largest absolute Gasteiger partial charge is 0.466 e.